The van der Waals surface area contributed by atoms with Crippen molar-refractivity contribution >= 4 is 5.69 Å². The van der Waals surface area contributed by atoms with Gasteiger partial charge in [0.15, 0.2) is 0 Å². The molecule has 0 aromatic heterocycles. The molecule has 2 rings (SSSR count). The maximum atomic E-state index is 5.79. The lowest BCUT2D eigenvalue weighted by molar-refractivity contribution is 0.415. The van der Waals surface area contributed by atoms with Crippen molar-refractivity contribution in [2.24, 2.45) is 11.1 Å². The van der Waals surface area contributed by atoms with Crippen LogP contribution in [0.2, 0.25) is 0 Å². The molecule has 3 heteroatoms. The Morgan fingerprint density at radius 1 is 1.29 bits per heavy atom. The fourth-order valence-electron chi connectivity index (χ4n) is 2.01. The van der Waals surface area contributed by atoms with Crippen molar-refractivity contribution in [2.75, 3.05) is 25.5 Å². The van der Waals surface area contributed by atoms with Crippen LogP contribution in [0.3, 0.4) is 0 Å². The first kappa shape index (κ1) is 12.2. The minimum Gasteiger partial charge on any atom is -0.495 e. The van der Waals surface area contributed by atoms with Crippen molar-refractivity contribution in [3.8, 4) is 5.75 Å². The van der Waals surface area contributed by atoms with E-state index in [1.807, 2.05) is 0 Å². The average Bonchev–Trinajstić information content (AvgIpc) is 3.11. The van der Waals surface area contributed by atoms with Crippen LogP contribution in [0.5, 0.6) is 5.75 Å². The van der Waals surface area contributed by atoms with Crippen molar-refractivity contribution in [3.05, 3.63) is 23.3 Å². The maximum absolute atomic E-state index is 5.79. The Morgan fingerprint density at radius 3 is 2.47 bits per heavy atom. The molecule has 3 nitrogen and oxygen atoms in total. The second-order valence-corrected chi connectivity index (χ2v) is 5.19. The molecule has 1 aromatic rings. The first-order valence-corrected chi connectivity index (χ1v) is 6.19. The minimum atomic E-state index is 0.337. The summed E-state index contributed by atoms with van der Waals surface area (Å²) in [5.74, 6) is 0.918. The highest BCUT2D eigenvalue weighted by Crippen LogP contribution is 2.44. The fourth-order valence-corrected chi connectivity index (χ4v) is 2.01. The van der Waals surface area contributed by atoms with Gasteiger partial charge < -0.3 is 15.8 Å². The topological polar surface area (TPSA) is 47.3 Å². The summed E-state index contributed by atoms with van der Waals surface area (Å²) in [6.07, 6.45) is 2.48. The minimum absolute atomic E-state index is 0.337. The van der Waals surface area contributed by atoms with Crippen LogP contribution in [-0.4, -0.2) is 20.2 Å². The zero-order chi connectivity index (χ0) is 12.5. The molecule has 0 heterocycles. The molecule has 17 heavy (non-hydrogen) atoms. The lowest BCUT2D eigenvalue weighted by atomic mass is 10.1. The zero-order valence-electron chi connectivity index (χ0n) is 11.0. The molecule has 1 fully saturated rings. The molecule has 0 radical (unpaired) electrons. The van der Waals surface area contributed by atoms with Crippen LogP contribution in [0.4, 0.5) is 5.69 Å². The molecule has 1 saturated carbocycles. The van der Waals surface area contributed by atoms with E-state index in [1.54, 1.807) is 7.11 Å². The molecule has 1 aromatic carbocycles. The number of rotatable bonds is 5. The molecule has 3 N–H and O–H groups in total. The quantitative estimate of drug-likeness (QED) is 0.822. The summed E-state index contributed by atoms with van der Waals surface area (Å²) in [6.45, 7) is 5.94. The maximum Gasteiger partial charge on any atom is 0.142 e. The molecule has 94 valence electrons. The van der Waals surface area contributed by atoms with Gasteiger partial charge in [-0.2, -0.15) is 0 Å². The third-order valence-electron chi connectivity index (χ3n) is 3.86. The average molecular weight is 234 g/mol. The van der Waals surface area contributed by atoms with Crippen LogP contribution in [0.25, 0.3) is 0 Å². The van der Waals surface area contributed by atoms with Crippen molar-refractivity contribution in [3.63, 3.8) is 0 Å². The van der Waals surface area contributed by atoms with E-state index in [-0.39, 0.29) is 0 Å². The third kappa shape index (κ3) is 2.55. The molecule has 0 atom stereocenters. The van der Waals surface area contributed by atoms with E-state index in [0.717, 1.165) is 24.5 Å². The predicted molar refractivity (Wildman–Crippen MR) is 71.7 cm³/mol. The van der Waals surface area contributed by atoms with Gasteiger partial charge in [0.25, 0.3) is 0 Å². The molecule has 1 aliphatic rings. The highest BCUT2D eigenvalue weighted by molar-refractivity contribution is 5.60. The number of nitrogens with one attached hydrogen (secondary N) is 1. The van der Waals surface area contributed by atoms with Crippen molar-refractivity contribution in [2.45, 2.75) is 26.7 Å². The van der Waals surface area contributed by atoms with E-state index in [2.05, 4.69) is 31.3 Å². The normalized spacial score (nSPS) is 16.7. The lowest BCUT2D eigenvalue weighted by Crippen LogP contribution is -2.24. The van der Waals surface area contributed by atoms with Gasteiger partial charge in [0.1, 0.15) is 5.75 Å². The van der Waals surface area contributed by atoms with Crippen LogP contribution >= 0.6 is 0 Å². The van der Waals surface area contributed by atoms with Crippen LogP contribution < -0.4 is 15.8 Å². The summed E-state index contributed by atoms with van der Waals surface area (Å²) >= 11 is 0. The fraction of sp³-hybridized carbons (Fsp3) is 0.571. The Bertz CT molecular complexity index is 411. The van der Waals surface area contributed by atoms with Crippen molar-refractivity contribution in [1.82, 2.24) is 0 Å². The van der Waals surface area contributed by atoms with Crippen molar-refractivity contribution in [1.29, 1.82) is 0 Å². The molecule has 0 spiro atoms. The molecular weight excluding hydrogens is 212 g/mol. The Balaban J connectivity index is 2.11. The summed E-state index contributed by atoms with van der Waals surface area (Å²) in [5.41, 5.74) is 9.74. The number of methoxy groups -OCH3 is 1. The van der Waals surface area contributed by atoms with E-state index < -0.39 is 0 Å². The van der Waals surface area contributed by atoms with Crippen LogP contribution in [0.15, 0.2) is 12.1 Å². The molecule has 0 unspecified atom stereocenters. The Morgan fingerprint density at radius 2 is 1.94 bits per heavy atom. The molecule has 0 bridgehead atoms. The van der Waals surface area contributed by atoms with E-state index in [1.165, 1.54) is 24.0 Å². The highest BCUT2D eigenvalue weighted by Gasteiger charge is 2.40. The largest absolute Gasteiger partial charge is 0.495 e. The number of nitrogens with two attached hydrogens (primary N) is 1. The van der Waals surface area contributed by atoms with Crippen LogP contribution in [0, 0.1) is 19.3 Å². The van der Waals surface area contributed by atoms with Gasteiger partial charge in [0.2, 0.25) is 0 Å². The van der Waals surface area contributed by atoms with Gasteiger partial charge in [-0.1, -0.05) is 0 Å². The van der Waals surface area contributed by atoms with Gasteiger partial charge in [-0.15, -0.1) is 0 Å². The first-order valence-electron chi connectivity index (χ1n) is 6.19. The summed E-state index contributed by atoms with van der Waals surface area (Å²) in [5, 5.41) is 3.48. The number of benzene rings is 1. The number of hydrogen-bond acceptors (Lipinski definition) is 3. The van der Waals surface area contributed by atoms with E-state index in [4.69, 9.17) is 10.5 Å². The highest BCUT2D eigenvalue weighted by atomic mass is 16.5. The molecule has 0 amide bonds. The molecule has 0 aliphatic heterocycles. The molecular formula is C14H22N2O. The van der Waals surface area contributed by atoms with Crippen LogP contribution in [0.1, 0.15) is 24.0 Å². The van der Waals surface area contributed by atoms with Gasteiger partial charge in [-0.3, -0.25) is 0 Å². The summed E-state index contributed by atoms with van der Waals surface area (Å²) < 4.78 is 5.41. The van der Waals surface area contributed by atoms with Gasteiger partial charge >= 0.3 is 0 Å². The Hall–Kier alpha value is -1.22. The molecule has 0 saturated heterocycles. The summed E-state index contributed by atoms with van der Waals surface area (Å²) in [7, 11) is 1.71. The van der Waals surface area contributed by atoms with Gasteiger partial charge in [-0.25, -0.2) is 0 Å². The lowest BCUT2D eigenvalue weighted by Gasteiger charge is -2.17. The molecule has 1 aliphatic carbocycles. The Labute approximate surface area is 103 Å². The SMILES string of the molecule is COc1cc(C)c(C)cc1NCC1(CN)CC1. The second-order valence-electron chi connectivity index (χ2n) is 5.19. The van der Waals surface area contributed by atoms with E-state index in [9.17, 15) is 0 Å². The summed E-state index contributed by atoms with van der Waals surface area (Å²) in [4.78, 5) is 0. The monoisotopic (exact) mass is 234 g/mol. The smallest absolute Gasteiger partial charge is 0.142 e. The predicted octanol–water partition coefficient (Wildman–Crippen LogP) is 2.46. The first-order chi connectivity index (χ1) is 8.10. The number of ether oxygens (including phenoxy) is 1. The standard InChI is InChI=1S/C14H22N2O/c1-10-6-12(13(17-3)7-11(10)2)16-9-14(8-15)4-5-14/h6-7,16H,4-5,8-9,15H2,1-3H3. The van der Waals surface area contributed by atoms with E-state index >= 15 is 0 Å². The van der Waals surface area contributed by atoms with Gasteiger partial charge in [-0.05, 0) is 61.9 Å². The number of anilines is 1. The van der Waals surface area contributed by atoms with Gasteiger partial charge in [0, 0.05) is 6.54 Å². The van der Waals surface area contributed by atoms with Gasteiger partial charge in [0.05, 0.1) is 12.8 Å². The zero-order valence-corrected chi connectivity index (χ0v) is 11.0. The van der Waals surface area contributed by atoms with E-state index in [0.29, 0.717) is 5.41 Å². The number of aryl methyl sites for hydroxylation is 2. The summed E-state index contributed by atoms with van der Waals surface area (Å²) in [6, 6.07) is 4.24. The van der Waals surface area contributed by atoms with Crippen molar-refractivity contribution < 1.29 is 4.74 Å². The third-order valence-corrected chi connectivity index (χ3v) is 3.86. The number of hydrogen-bond donors (Lipinski definition) is 2. The Kier molecular flexibility index (Phi) is 3.29. The van der Waals surface area contributed by atoms with Crippen LogP contribution in [-0.2, 0) is 0 Å². The second kappa shape index (κ2) is 4.57.